The molecule has 1 fully saturated rings. The van der Waals surface area contributed by atoms with Gasteiger partial charge in [-0.3, -0.25) is 19.5 Å². The van der Waals surface area contributed by atoms with Gasteiger partial charge in [-0.15, -0.1) is 17.9 Å². The van der Waals surface area contributed by atoms with Crippen LogP contribution in [0.5, 0.6) is 0 Å². The van der Waals surface area contributed by atoms with Crippen molar-refractivity contribution in [1.29, 1.82) is 0 Å². The molecule has 0 spiro atoms. The van der Waals surface area contributed by atoms with E-state index in [1.165, 1.54) is 15.9 Å². The number of thiophene rings is 1. The summed E-state index contributed by atoms with van der Waals surface area (Å²) in [4.78, 5) is 43.1. The summed E-state index contributed by atoms with van der Waals surface area (Å²) in [5, 5.41) is 4.88. The highest BCUT2D eigenvalue weighted by atomic mass is 32.2. The van der Waals surface area contributed by atoms with E-state index in [-0.39, 0.29) is 18.1 Å². The number of benzene rings is 1. The van der Waals surface area contributed by atoms with Gasteiger partial charge in [0.25, 0.3) is 5.56 Å². The number of hydrogen-bond donors (Lipinski definition) is 2. The largest absolute Gasteiger partial charge is 0.335 e. The summed E-state index contributed by atoms with van der Waals surface area (Å²) in [6.07, 6.45) is 3.50. The van der Waals surface area contributed by atoms with Crippen LogP contribution in [0.2, 0.25) is 0 Å². The summed E-state index contributed by atoms with van der Waals surface area (Å²) in [6.45, 7) is 5.69. The molecule has 7 nitrogen and oxygen atoms in total. The number of amides is 3. The number of hydrogen-bond acceptors (Lipinski definition) is 6. The van der Waals surface area contributed by atoms with E-state index in [0.29, 0.717) is 15.4 Å². The minimum atomic E-state index is -0.613. The molecular formula is C22H22N4O3S2. The predicted octanol–water partition coefficient (Wildman–Crippen LogP) is 3.78. The van der Waals surface area contributed by atoms with Crippen molar-refractivity contribution in [2.75, 3.05) is 0 Å². The molecule has 1 aromatic carbocycles. The molecule has 1 atom stereocenters. The number of allylic oxidation sites excluding steroid dienone is 1. The molecule has 1 aliphatic rings. The van der Waals surface area contributed by atoms with Crippen molar-refractivity contribution in [3.05, 3.63) is 59.4 Å². The highest BCUT2D eigenvalue weighted by Crippen LogP contribution is 2.32. The zero-order valence-electron chi connectivity index (χ0n) is 17.0. The molecule has 1 unspecified atom stereocenters. The maximum absolute atomic E-state index is 13.1. The lowest BCUT2D eigenvalue weighted by molar-refractivity contribution is -0.119. The van der Waals surface area contributed by atoms with Gasteiger partial charge in [0, 0.05) is 17.5 Å². The first-order valence-corrected chi connectivity index (χ1v) is 11.6. The van der Waals surface area contributed by atoms with E-state index in [1.54, 1.807) is 13.0 Å². The molecule has 2 heterocycles. The van der Waals surface area contributed by atoms with Crippen molar-refractivity contribution in [2.45, 2.75) is 42.8 Å². The van der Waals surface area contributed by atoms with Gasteiger partial charge in [-0.05, 0) is 31.4 Å². The van der Waals surface area contributed by atoms with Gasteiger partial charge in [0.15, 0.2) is 5.16 Å². The van der Waals surface area contributed by atoms with Crippen molar-refractivity contribution in [1.82, 2.24) is 20.2 Å². The third kappa shape index (κ3) is 4.88. The van der Waals surface area contributed by atoms with Crippen LogP contribution in [0.4, 0.5) is 4.79 Å². The van der Waals surface area contributed by atoms with Gasteiger partial charge < -0.3 is 5.32 Å². The van der Waals surface area contributed by atoms with Crippen molar-refractivity contribution < 1.29 is 9.59 Å². The Kier molecular flexibility index (Phi) is 6.24. The second kappa shape index (κ2) is 9.07. The second-order valence-electron chi connectivity index (χ2n) is 7.29. The number of imide groups is 1. The Bertz CT molecular complexity index is 1200. The number of nitrogens with zero attached hydrogens (tertiary/aromatic N) is 2. The summed E-state index contributed by atoms with van der Waals surface area (Å²) < 4.78 is 2.07. The van der Waals surface area contributed by atoms with Crippen molar-refractivity contribution in [2.24, 2.45) is 0 Å². The number of nitrogens with one attached hydrogen (secondary N) is 2. The van der Waals surface area contributed by atoms with Gasteiger partial charge >= 0.3 is 6.03 Å². The van der Waals surface area contributed by atoms with Crippen LogP contribution in [0.15, 0.2) is 59.0 Å². The molecule has 0 aliphatic heterocycles. The molecule has 4 rings (SSSR count). The van der Waals surface area contributed by atoms with Crippen molar-refractivity contribution in [3.8, 4) is 10.4 Å². The van der Waals surface area contributed by atoms with E-state index in [2.05, 4.69) is 22.2 Å². The van der Waals surface area contributed by atoms with E-state index in [4.69, 9.17) is 0 Å². The molecule has 3 aromatic rings. The summed E-state index contributed by atoms with van der Waals surface area (Å²) >= 11 is 2.54. The predicted molar refractivity (Wildman–Crippen MR) is 125 cm³/mol. The SMILES string of the molecule is C=CCn1c(SC(C)C(=O)NC(=O)NC2CC2)nc2cc(-c3ccccc3)sc2c1=O. The molecule has 0 radical (unpaired) electrons. The molecule has 9 heteroatoms. The van der Waals surface area contributed by atoms with Crippen LogP contribution in [0.25, 0.3) is 20.7 Å². The Morgan fingerprint density at radius 3 is 2.77 bits per heavy atom. The fourth-order valence-corrected chi connectivity index (χ4v) is 4.96. The van der Waals surface area contributed by atoms with Crippen molar-refractivity contribution >= 4 is 45.3 Å². The van der Waals surface area contributed by atoms with Gasteiger partial charge in [-0.2, -0.15) is 0 Å². The topological polar surface area (TPSA) is 93.1 Å². The minimum Gasteiger partial charge on any atom is -0.335 e. The monoisotopic (exact) mass is 454 g/mol. The third-order valence-electron chi connectivity index (χ3n) is 4.77. The summed E-state index contributed by atoms with van der Waals surface area (Å²) in [6, 6.07) is 11.4. The average Bonchev–Trinajstić information content (AvgIpc) is 3.46. The third-order valence-corrected chi connectivity index (χ3v) is 7.02. The highest BCUT2D eigenvalue weighted by molar-refractivity contribution is 8.00. The molecule has 160 valence electrons. The Balaban J connectivity index is 1.61. The fraction of sp³-hybridized carbons (Fsp3) is 0.273. The molecule has 0 bridgehead atoms. The first kappa shape index (κ1) is 21.3. The molecule has 2 aromatic heterocycles. The molecule has 31 heavy (non-hydrogen) atoms. The van der Waals surface area contributed by atoms with Crippen molar-refractivity contribution in [3.63, 3.8) is 0 Å². The van der Waals surface area contributed by atoms with Gasteiger partial charge in [0.1, 0.15) is 4.70 Å². The lowest BCUT2D eigenvalue weighted by atomic mass is 10.2. The van der Waals surface area contributed by atoms with Crippen LogP contribution >= 0.6 is 23.1 Å². The molecular weight excluding hydrogens is 432 g/mol. The second-order valence-corrected chi connectivity index (χ2v) is 9.65. The van der Waals surface area contributed by atoms with Gasteiger partial charge in [-0.25, -0.2) is 9.78 Å². The number of thioether (sulfide) groups is 1. The Morgan fingerprint density at radius 2 is 2.10 bits per heavy atom. The highest BCUT2D eigenvalue weighted by Gasteiger charge is 2.26. The lowest BCUT2D eigenvalue weighted by Gasteiger charge is -2.14. The number of carbonyl (C=O) groups is 2. The molecule has 1 aliphatic carbocycles. The smallest absolute Gasteiger partial charge is 0.321 e. The number of carbonyl (C=O) groups excluding carboxylic acids is 2. The van der Waals surface area contributed by atoms with E-state index in [0.717, 1.165) is 35.0 Å². The van der Waals surface area contributed by atoms with Crippen LogP contribution in [-0.2, 0) is 11.3 Å². The minimum absolute atomic E-state index is 0.162. The molecule has 1 saturated carbocycles. The van der Waals surface area contributed by atoms with Crippen LogP contribution in [0, 0.1) is 0 Å². The normalized spacial score (nSPS) is 14.2. The Morgan fingerprint density at radius 1 is 1.35 bits per heavy atom. The lowest BCUT2D eigenvalue weighted by Crippen LogP contribution is -2.43. The Hall–Kier alpha value is -2.91. The first-order valence-electron chi connectivity index (χ1n) is 9.95. The molecule has 0 saturated heterocycles. The summed E-state index contributed by atoms with van der Waals surface area (Å²) in [5.41, 5.74) is 1.44. The van der Waals surface area contributed by atoms with Crippen LogP contribution < -0.4 is 16.2 Å². The van der Waals surface area contributed by atoms with Crippen LogP contribution in [0.1, 0.15) is 19.8 Å². The zero-order chi connectivity index (χ0) is 22.0. The standard InChI is InChI=1S/C22H22N4O3S2/c1-3-11-26-20(28)18-16(12-17(31-18)14-7-5-4-6-8-14)24-22(26)30-13(2)19(27)25-21(29)23-15-9-10-15/h3-8,12-13,15H,1,9-11H2,2H3,(H2,23,25,27,29). The maximum atomic E-state index is 13.1. The molecule has 3 amide bonds. The van der Waals surface area contributed by atoms with Gasteiger partial charge in [0.05, 0.1) is 10.8 Å². The number of urea groups is 1. The first-order chi connectivity index (χ1) is 15.0. The zero-order valence-corrected chi connectivity index (χ0v) is 18.6. The maximum Gasteiger partial charge on any atom is 0.321 e. The summed E-state index contributed by atoms with van der Waals surface area (Å²) in [5.74, 6) is -0.432. The molecule has 2 N–H and O–H groups in total. The quantitative estimate of drug-likeness (QED) is 0.322. The van der Waals surface area contributed by atoms with Gasteiger partial charge in [-0.1, -0.05) is 48.2 Å². The average molecular weight is 455 g/mol. The summed E-state index contributed by atoms with van der Waals surface area (Å²) in [7, 11) is 0. The van der Waals surface area contributed by atoms with E-state index in [9.17, 15) is 14.4 Å². The fourth-order valence-electron chi connectivity index (χ4n) is 2.99. The van der Waals surface area contributed by atoms with Crippen LogP contribution in [0.3, 0.4) is 0 Å². The van der Waals surface area contributed by atoms with E-state index < -0.39 is 17.2 Å². The number of aromatic nitrogens is 2. The number of fused-ring (bicyclic) bond motifs is 1. The Labute approximate surface area is 187 Å². The van der Waals surface area contributed by atoms with E-state index in [1.807, 2.05) is 36.4 Å². The van der Waals surface area contributed by atoms with E-state index >= 15 is 0 Å². The number of rotatable bonds is 7. The van der Waals surface area contributed by atoms with Crippen LogP contribution in [-0.4, -0.2) is 32.8 Å². The van der Waals surface area contributed by atoms with Gasteiger partial charge in [0.2, 0.25) is 5.91 Å².